The summed E-state index contributed by atoms with van der Waals surface area (Å²) in [5.41, 5.74) is 8.69. The van der Waals surface area contributed by atoms with Gasteiger partial charge in [0.1, 0.15) is 0 Å². The first-order valence-corrected chi connectivity index (χ1v) is 7.95. The Balaban J connectivity index is 1.43. The van der Waals surface area contributed by atoms with Crippen LogP contribution in [0.2, 0.25) is 0 Å². The van der Waals surface area contributed by atoms with Gasteiger partial charge in [0, 0.05) is 12.6 Å². The SMILES string of the molecule is NC(CC1CC2CCC1C2)Cn1cnc2ccccc21. The van der Waals surface area contributed by atoms with Gasteiger partial charge in [0.05, 0.1) is 17.4 Å². The molecule has 2 aliphatic rings. The third-order valence-corrected chi connectivity index (χ3v) is 5.45. The molecule has 0 radical (unpaired) electrons. The van der Waals surface area contributed by atoms with E-state index in [0.29, 0.717) is 0 Å². The summed E-state index contributed by atoms with van der Waals surface area (Å²) in [6.07, 6.45) is 8.96. The number of aromatic nitrogens is 2. The molecule has 2 saturated carbocycles. The lowest BCUT2D eigenvalue weighted by Crippen LogP contribution is -2.30. The first-order valence-electron chi connectivity index (χ1n) is 7.95. The third-order valence-electron chi connectivity index (χ3n) is 5.45. The molecular weight excluding hydrogens is 246 g/mol. The molecule has 2 N–H and O–H groups in total. The zero-order chi connectivity index (χ0) is 13.5. The highest BCUT2D eigenvalue weighted by Crippen LogP contribution is 2.49. The highest BCUT2D eigenvalue weighted by atomic mass is 15.1. The second-order valence-electron chi connectivity index (χ2n) is 6.82. The molecule has 2 aliphatic carbocycles. The lowest BCUT2D eigenvalue weighted by atomic mass is 9.84. The van der Waals surface area contributed by atoms with E-state index < -0.39 is 0 Å². The quantitative estimate of drug-likeness (QED) is 0.926. The molecule has 2 bridgehead atoms. The third kappa shape index (κ3) is 2.14. The van der Waals surface area contributed by atoms with Crippen LogP contribution in [0.15, 0.2) is 30.6 Å². The maximum absolute atomic E-state index is 6.42. The average Bonchev–Trinajstić information content (AvgIpc) is 3.14. The molecule has 1 heterocycles. The number of nitrogens with zero attached hydrogens (tertiary/aromatic N) is 2. The fraction of sp³-hybridized carbons (Fsp3) is 0.588. The minimum atomic E-state index is 0.261. The van der Waals surface area contributed by atoms with Crippen LogP contribution in [0.25, 0.3) is 11.0 Å². The van der Waals surface area contributed by atoms with Gasteiger partial charge in [0.25, 0.3) is 0 Å². The minimum absolute atomic E-state index is 0.261. The number of hydrogen-bond acceptors (Lipinski definition) is 2. The predicted molar refractivity (Wildman–Crippen MR) is 81.3 cm³/mol. The Morgan fingerprint density at radius 3 is 2.95 bits per heavy atom. The summed E-state index contributed by atoms with van der Waals surface area (Å²) in [6, 6.07) is 8.56. The maximum Gasteiger partial charge on any atom is 0.0958 e. The summed E-state index contributed by atoms with van der Waals surface area (Å²) in [4.78, 5) is 4.45. The van der Waals surface area contributed by atoms with Crippen LogP contribution in [0, 0.1) is 17.8 Å². The molecule has 0 spiro atoms. The van der Waals surface area contributed by atoms with Gasteiger partial charge in [-0.3, -0.25) is 0 Å². The molecule has 0 amide bonds. The molecular formula is C17H23N3. The first kappa shape index (κ1) is 12.4. The Bertz CT molecular complexity index is 603. The molecule has 20 heavy (non-hydrogen) atoms. The van der Waals surface area contributed by atoms with Crippen LogP contribution >= 0.6 is 0 Å². The van der Waals surface area contributed by atoms with E-state index in [0.717, 1.165) is 29.8 Å². The molecule has 1 aromatic carbocycles. The van der Waals surface area contributed by atoms with Crippen molar-refractivity contribution < 1.29 is 0 Å². The van der Waals surface area contributed by atoms with Gasteiger partial charge in [0.2, 0.25) is 0 Å². The topological polar surface area (TPSA) is 43.8 Å². The first-order chi connectivity index (χ1) is 9.79. The van der Waals surface area contributed by atoms with Crippen LogP contribution in [-0.4, -0.2) is 15.6 Å². The molecule has 4 atom stereocenters. The minimum Gasteiger partial charge on any atom is -0.329 e. The van der Waals surface area contributed by atoms with Crippen LogP contribution in [0.5, 0.6) is 0 Å². The van der Waals surface area contributed by atoms with Crippen LogP contribution in [0.3, 0.4) is 0 Å². The Kier molecular flexibility index (Phi) is 3.03. The number of nitrogens with two attached hydrogens (primary N) is 1. The molecule has 1 aromatic heterocycles. The largest absolute Gasteiger partial charge is 0.329 e. The van der Waals surface area contributed by atoms with Gasteiger partial charge in [-0.05, 0) is 55.6 Å². The second kappa shape index (κ2) is 4.88. The van der Waals surface area contributed by atoms with Gasteiger partial charge in [0.15, 0.2) is 0 Å². The van der Waals surface area contributed by atoms with Crippen molar-refractivity contribution in [2.75, 3.05) is 0 Å². The van der Waals surface area contributed by atoms with E-state index in [1.807, 2.05) is 12.4 Å². The Hall–Kier alpha value is -1.35. The summed E-state index contributed by atoms with van der Waals surface area (Å²) in [7, 11) is 0. The number of imidazole rings is 1. The van der Waals surface area contributed by atoms with Crippen molar-refractivity contribution in [3.63, 3.8) is 0 Å². The van der Waals surface area contributed by atoms with E-state index in [1.165, 1.54) is 37.6 Å². The zero-order valence-corrected chi connectivity index (χ0v) is 11.9. The van der Waals surface area contributed by atoms with Crippen molar-refractivity contribution in [1.29, 1.82) is 0 Å². The van der Waals surface area contributed by atoms with Crippen LogP contribution < -0.4 is 5.73 Å². The standard InChI is InChI=1S/C17H23N3/c18-15(9-14-8-12-5-6-13(14)7-12)10-20-11-19-16-3-1-2-4-17(16)20/h1-4,11-15H,5-10,18H2. The summed E-state index contributed by atoms with van der Waals surface area (Å²) in [5, 5.41) is 0. The van der Waals surface area contributed by atoms with Gasteiger partial charge >= 0.3 is 0 Å². The number of rotatable bonds is 4. The van der Waals surface area contributed by atoms with Gasteiger partial charge < -0.3 is 10.3 Å². The van der Waals surface area contributed by atoms with E-state index in [-0.39, 0.29) is 6.04 Å². The smallest absolute Gasteiger partial charge is 0.0958 e. The number of para-hydroxylation sites is 2. The zero-order valence-electron chi connectivity index (χ0n) is 11.9. The molecule has 4 rings (SSSR count). The van der Waals surface area contributed by atoms with Crippen molar-refractivity contribution >= 4 is 11.0 Å². The van der Waals surface area contributed by atoms with Crippen molar-refractivity contribution in [3.8, 4) is 0 Å². The second-order valence-corrected chi connectivity index (χ2v) is 6.82. The van der Waals surface area contributed by atoms with E-state index in [1.54, 1.807) is 0 Å². The van der Waals surface area contributed by atoms with E-state index in [2.05, 4.69) is 27.8 Å². The van der Waals surface area contributed by atoms with Crippen LogP contribution in [-0.2, 0) is 6.54 Å². The van der Waals surface area contributed by atoms with Crippen molar-refractivity contribution in [2.45, 2.75) is 44.7 Å². The van der Waals surface area contributed by atoms with Gasteiger partial charge in [-0.15, -0.1) is 0 Å². The summed E-state index contributed by atoms with van der Waals surface area (Å²) in [6.45, 7) is 0.897. The maximum atomic E-state index is 6.42. The lowest BCUT2D eigenvalue weighted by Gasteiger charge is -2.25. The number of benzene rings is 1. The van der Waals surface area contributed by atoms with Gasteiger partial charge in [-0.1, -0.05) is 18.6 Å². The molecule has 0 saturated heterocycles. The van der Waals surface area contributed by atoms with Gasteiger partial charge in [-0.2, -0.15) is 0 Å². The summed E-state index contributed by atoms with van der Waals surface area (Å²) in [5.74, 6) is 2.88. The molecule has 2 aromatic rings. The monoisotopic (exact) mass is 269 g/mol. The molecule has 4 unspecified atom stereocenters. The fourth-order valence-electron chi connectivity index (χ4n) is 4.54. The average molecular weight is 269 g/mol. The molecule has 2 fully saturated rings. The van der Waals surface area contributed by atoms with E-state index in [4.69, 9.17) is 5.73 Å². The Labute approximate surface area is 120 Å². The summed E-state index contributed by atoms with van der Waals surface area (Å²) >= 11 is 0. The lowest BCUT2D eigenvalue weighted by molar-refractivity contribution is 0.286. The highest BCUT2D eigenvalue weighted by Gasteiger charge is 2.39. The Morgan fingerprint density at radius 2 is 2.15 bits per heavy atom. The van der Waals surface area contributed by atoms with Gasteiger partial charge in [-0.25, -0.2) is 4.98 Å². The van der Waals surface area contributed by atoms with Crippen LogP contribution in [0.1, 0.15) is 32.1 Å². The molecule has 3 heteroatoms. The fourth-order valence-corrected chi connectivity index (χ4v) is 4.54. The number of fused-ring (bicyclic) bond motifs is 3. The number of hydrogen-bond donors (Lipinski definition) is 1. The van der Waals surface area contributed by atoms with E-state index in [9.17, 15) is 0 Å². The Morgan fingerprint density at radius 1 is 1.25 bits per heavy atom. The van der Waals surface area contributed by atoms with Crippen LogP contribution in [0.4, 0.5) is 0 Å². The molecule has 106 valence electrons. The molecule has 0 aliphatic heterocycles. The highest BCUT2D eigenvalue weighted by molar-refractivity contribution is 5.74. The molecule has 3 nitrogen and oxygen atoms in total. The predicted octanol–water partition coefficient (Wildman–Crippen LogP) is 3.19. The van der Waals surface area contributed by atoms with Crippen molar-refractivity contribution in [2.24, 2.45) is 23.5 Å². The van der Waals surface area contributed by atoms with E-state index >= 15 is 0 Å². The van der Waals surface area contributed by atoms with Crippen molar-refractivity contribution in [1.82, 2.24) is 9.55 Å². The van der Waals surface area contributed by atoms with Crippen molar-refractivity contribution in [3.05, 3.63) is 30.6 Å². The summed E-state index contributed by atoms with van der Waals surface area (Å²) < 4.78 is 2.22. The normalized spacial score (nSPS) is 30.1.